The van der Waals surface area contributed by atoms with E-state index in [1.165, 1.54) is 0 Å². The van der Waals surface area contributed by atoms with Crippen molar-refractivity contribution in [1.29, 1.82) is 5.26 Å². The first-order valence-electron chi connectivity index (χ1n) is 8.96. The molecule has 0 aliphatic heterocycles. The number of nitrogens with zero attached hydrogens (tertiary/aromatic N) is 3. The van der Waals surface area contributed by atoms with Crippen LogP contribution in [0.5, 0.6) is 0 Å². The molecule has 26 heavy (non-hydrogen) atoms. The quantitative estimate of drug-likeness (QED) is 0.619. The second kappa shape index (κ2) is 8.34. The highest BCUT2D eigenvalue weighted by molar-refractivity contribution is 5.78. The molecule has 0 spiro atoms. The molecule has 0 fully saturated rings. The number of carbonyl (C=O) groups is 1. The molecular formula is C20H23N5O. The number of carbonyl (C=O) groups excluding carboxylic acids is 1. The molecule has 2 aromatic rings. The molecule has 1 atom stereocenters. The number of rotatable bonds is 6. The summed E-state index contributed by atoms with van der Waals surface area (Å²) in [5, 5.41) is 16.9. The Morgan fingerprint density at radius 1 is 1.35 bits per heavy atom. The smallest absolute Gasteiger partial charge is 0.223 e. The van der Waals surface area contributed by atoms with E-state index in [4.69, 9.17) is 5.73 Å². The summed E-state index contributed by atoms with van der Waals surface area (Å²) in [5.41, 5.74) is 8.01. The lowest BCUT2D eigenvalue weighted by Gasteiger charge is -2.17. The number of anilines is 1. The van der Waals surface area contributed by atoms with Crippen LogP contribution in [0, 0.1) is 17.2 Å². The molecule has 6 heteroatoms. The van der Waals surface area contributed by atoms with Gasteiger partial charge in [0.05, 0.1) is 11.4 Å². The number of para-hydroxylation sites is 1. The van der Waals surface area contributed by atoms with Crippen LogP contribution in [0.4, 0.5) is 5.82 Å². The van der Waals surface area contributed by atoms with Gasteiger partial charge in [0.15, 0.2) is 0 Å². The van der Waals surface area contributed by atoms with Gasteiger partial charge in [0.1, 0.15) is 17.5 Å². The third kappa shape index (κ3) is 3.94. The molecule has 1 aliphatic carbocycles. The monoisotopic (exact) mass is 349 g/mol. The fourth-order valence-corrected chi connectivity index (χ4v) is 3.18. The Balaban J connectivity index is 1.59. The second-order valence-electron chi connectivity index (χ2n) is 6.44. The van der Waals surface area contributed by atoms with Gasteiger partial charge in [0.2, 0.25) is 5.91 Å². The highest BCUT2D eigenvalue weighted by Gasteiger charge is 2.19. The first-order chi connectivity index (χ1) is 12.7. The lowest BCUT2D eigenvalue weighted by atomic mass is 9.94. The molecule has 1 aliphatic rings. The number of nitrogen functional groups attached to an aromatic ring is 1. The Morgan fingerprint density at radius 2 is 2.15 bits per heavy atom. The molecule has 0 radical (unpaired) electrons. The molecule has 1 aromatic carbocycles. The minimum atomic E-state index is 0.0857. The number of aryl methyl sites for hydroxylation is 1. The van der Waals surface area contributed by atoms with E-state index in [-0.39, 0.29) is 11.8 Å². The minimum Gasteiger partial charge on any atom is -0.382 e. The van der Waals surface area contributed by atoms with Crippen molar-refractivity contribution in [3.8, 4) is 11.8 Å². The highest BCUT2D eigenvalue weighted by atomic mass is 16.1. The Morgan fingerprint density at radius 3 is 2.85 bits per heavy atom. The van der Waals surface area contributed by atoms with Gasteiger partial charge in [0, 0.05) is 12.5 Å². The van der Waals surface area contributed by atoms with Crippen LogP contribution in [0.3, 0.4) is 0 Å². The van der Waals surface area contributed by atoms with Gasteiger partial charge in [-0.25, -0.2) is 4.68 Å². The number of aromatic nitrogens is 2. The predicted molar refractivity (Wildman–Crippen MR) is 101 cm³/mol. The molecular weight excluding hydrogens is 326 g/mol. The van der Waals surface area contributed by atoms with Gasteiger partial charge in [0.25, 0.3) is 0 Å². The van der Waals surface area contributed by atoms with Crippen molar-refractivity contribution < 1.29 is 4.79 Å². The summed E-state index contributed by atoms with van der Waals surface area (Å²) in [4.78, 5) is 12.1. The van der Waals surface area contributed by atoms with Crippen molar-refractivity contribution in [1.82, 2.24) is 15.1 Å². The Bertz CT molecular complexity index is 832. The first kappa shape index (κ1) is 17.7. The number of nitrogens with one attached hydrogen (secondary N) is 1. The van der Waals surface area contributed by atoms with Crippen LogP contribution >= 0.6 is 0 Å². The largest absolute Gasteiger partial charge is 0.382 e. The van der Waals surface area contributed by atoms with Gasteiger partial charge < -0.3 is 11.1 Å². The summed E-state index contributed by atoms with van der Waals surface area (Å²) < 4.78 is 1.60. The maximum Gasteiger partial charge on any atom is 0.223 e. The van der Waals surface area contributed by atoms with Crippen molar-refractivity contribution in [2.75, 3.05) is 12.3 Å². The fraction of sp³-hybridized carbons (Fsp3) is 0.350. The zero-order valence-corrected chi connectivity index (χ0v) is 14.7. The van der Waals surface area contributed by atoms with E-state index in [2.05, 4.69) is 28.6 Å². The normalized spacial score (nSPS) is 16.2. The van der Waals surface area contributed by atoms with Crippen molar-refractivity contribution in [3.05, 3.63) is 53.7 Å². The molecule has 0 saturated heterocycles. The zero-order chi connectivity index (χ0) is 18.4. The maximum atomic E-state index is 12.1. The third-order valence-electron chi connectivity index (χ3n) is 4.64. The Labute approximate surface area is 153 Å². The van der Waals surface area contributed by atoms with Crippen LogP contribution in [-0.2, 0) is 11.2 Å². The standard InChI is InChI=1S/C20H23N5O/c21-14-17-18(24-25(19(17)22)16-10-5-2-6-11-16)12-7-13-23-20(26)15-8-3-1-4-9-15/h1-3,5-6,10-11,15H,4,7-9,12-13,22H2,(H,23,26)/t15-/m1/s1. The number of nitrogens with two attached hydrogens (primary N) is 1. The number of amides is 1. The number of allylic oxidation sites excluding steroid dienone is 2. The number of benzene rings is 1. The number of hydrogen-bond acceptors (Lipinski definition) is 4. The van der Waals surface area contributed by atoms with Crippen LogP contribution in [0.15, 0.2) is 42.5 Å². The molecule has 1 amide bonds. The second-order valence-corrected chi connectivity index (χ2v) is 6.44. The van der Waals surface area contributed by atoms with Crippen LogP contribution in [-0.4, -0.2) is 22.2 Å². The summed E-state index contributed by atoms with van der Waals surface area (Å²) in [6, 6.07) is 11.7. The summed E-state index contributed by atoms with van der Waals surface area (Å²) in [6.45, 7) is 0.571. The molecule has 1 heterocycles. The molecule has 0 unspecified atom stereocenters. The summed E-state index contributed by atoms with van der Waals surface area (Å²) >= 11 is 0. The summed E-state index contributed by atoms with van der Waals surface area (Å²) in [7, 11) is 0. The van der Waals surface area contributed by atoms with Gasteiger partial charge in [-0.2, -0.15) is 10.4 Å². The molecule has 0 saturated carbocycles. The van der Waals surface area contributed by atoms with Gasteiger partial charge >= 0.3 is 0 Å². The van der Waals surface area contributed by atoms with E-state index < -0.39 is 0 Å². The Kier molecular flexibility index (Phi) is 5.69. The van der Waals surface area contributed by atoms with Crippen LogP contribution < -0.4 is 11.1 Å². The maximum absolute atomic E-state index is 12.1. The molecule has 3 N–H and O–H groups in total. The first-order valence-corrected chi connectivity index (χ1v) is 8.96. The van der Waals surface area contributed by atoms with E-state index in [9.17, 15) is 10.1 Å². The van der Waals surface area contributed by atoms with E-state index in [1.807, 2.05) is 30.3 Å². The lowest BCUT2D eigenvalue weighted by molar-refractivity contribution is -0.125. The molecule has 0 bridgehead atoms. The molecule has 1 aromatic heterocycles. The van der Waals surface area contributed by atoms with Crippen LogP contribution in [0.1, 0.15) is 36.9 Å². The van der Waals surface area contributed by atoms with Gasteiger partial charge in [-0.3, -0.25) is 4.79 Å². The van der Waals surface area contributed by atoms with Gasteiger partial charge in [-0.1, -0.05) is 30.4 Å². The van der Waals surface area contributed by atoms with Crippen molar-refractivity contribution in [2.24, 2.45) is 5.92 Å². The van der Waals surface area contributed by atoms with E-state index in [0.29, 0.717) is 36.5 Å². The minimum absolute atomic E-state index is 0.0857. The average Bonchev–Trinajstić information content (AvgIpc) is 3.01. The molecule has 6 nitrogen and oxygen atoms in total. The Hall–Kier alpha value is -3.07. The SMILES string of the molecule is N#Cc1c(CCCNC(=O)[C@@H]2CC=CCC2)nn(-c2ccccc2)c1N. The molecule has 3 rings (SSSR count). The topological polar surface area (TPSA) is 96.7 Å². The fourth-order valence-electron chi connectivity index (χ4n) is 3.18. The van der Waals surface area contributed by atoms with Crippen LogP contribution in [0.2, 0.25) is 0 Å². The van der Waals surface area contributed by atoms with Crippen molar-refractivity contribution >= 4 is 11.7 Å². The van der Waals surface area contributed by atoms with E-state index in [1.54, 1.807) is 4.68 Å². The predicted octanol–water partition coefficient (Wildman–Crippen LogP) is 2.73. The van der Waals surface area contributed by atoms with Crippen LogP contribution in [0.25, 0.3) is 5.69 Å². The van der Waals surface area contributed by atoms with Crippen molar-refractivity contribution in [3.63, 3.8) is 0 Å². The van der Waals surface area contributed by atoms with Gasteiger partial charge in [-0.05, 0) is 44.2 Å². The third-order valence-corrected chi connectivity index (χ3v) is 4.64. The van der Waals surface area contributed by atoms with E-state index in [0.717, 1.165) is 24.9 Å². The van der Waals surface area contributed by atoms with Crippen molar-refractivity contribution in [2.45, 2.75) is 32.1 Å². The highest BCUT2D eigenvalue weighted by Crippen LogP contribution is 2.21. The molecule has 134 valence electrons. The number of nitriles is 1. The lowest BCUT2D eigenvalue weighted by Crippen LogP contribution is -2.32. The summed E-state index contributed by atoms with van der Waals surface area (Å²) in [5.74, 6) is 0.554. The number of hydrogen-bond donors (Lipinski definition) is 2. The van der Waals surface area contributed by atoms with E-state index >= 15 is 0 Å². The zero-order valence-electron chi connectivity index (χ0n) is 14.7. The summed E-state index contributed by atoms with van der Waals surface area (Å²) in [6.07, 6.45) is 8.22. The average molecular weight is 349 g/mol. The van der Waals surface area contributed by atoms with Gasteiger partial charge in [-0.15, -0.1) is 0 Å².